The van der Waals surface area contributed by atoms with Gasteiger partial charge in [-0.2, -0.15) is 0 Å². The number of allylic oxidation sites excluding steroid dienone is 1. The summed E-state index contributed by atoms with van der Waals surface area (Å²) in [6.07, 6.45) is 8.94. The summed E-state index contributed by atoms with van der Waals surface area (Å²) in [4.78, 5) is 18.1. The van der Waals surface area contributed by atoms with E-state index in [1.54, 1.807) is 0 Å². The van der Waals surface area contributed by atoms with Crippen molar-refractivity contribution in [3.8, 4) is 0 Å². The third-order valence-corrected chi connectivity index (χ3v) is 8.06. The van der Waals surface area contributed by atoms with Crippen LogP contribution in [-0.4, -0.2) is 72.5 Å². The van der Waals surface area contributed by atoms with Crippen molar-refractivity contribution in [2.24, 2.45) is 5.92 Å². The van der Waals surface area contributed by atoms with Crippen LogP contribution in [0.1, 0.15) is 63.4 Å². The fourth-order valence-corrected chi connectivity index (χ4v) is 5.96. The van der Waals surface area contributed by atoms with Crippen LogP contribution < -0.4 is 0 Å². The Bertz CT molecular complexity index is 816. The van der Waals surface area contributed by atoms with Gasteiger partial charge in [-0.25, -0.2) is 0 Å². The van der Waals surface area contributed by atoms with Gasteiger partial charge in [-0.3, -0.25) is 4.79 Å². The molecule has 188 valence electrons. The fraction of sp³-hybridized carbons (Fsp3) is 0.667. The first-order chi connectivity index (χ1) is 16.6. The Kier molecular flexibility index (Phi) is 9.46. The molecule has 0 bridgehead atoms. The highest BCUT2D eigenvalue weighted by molar-refractivity contribution is 9.10. The first-order valence-corrected chi connectivity index (χ1v) is 13.8. The highest BCUT2D eigenvalue weighted by Crippen LogP contribution is 2.40. The number of likely N-dealkylation sites (tertiary alicyclic amines) is 2. The number of amides is 1. The average Bonchev–Trinajstić information content (AvgIpc) is 2.88. The van der Waals surface area contributed by atoms with Crippen LogP contribution in [0.2, 0.25) is 0 Å². The number of rotatable bonds is 8. The summed E-state index contributed by atoms with van der Waals surface area (Å²) in [5.74, 6) is 0.414. The molecular formula is C27H39BrN2O4. The molecule has 0 radical (unpaired) electrons. The molecule has 0 unspecified atom stereocenters. The van der Waals surface area contributed by atoms with Crippen LogP contribution in [0.5, 0.6) is 0 Å². The van der Waals surface area contributed by atoms with Gasteiger partial charge in [0.1, 0.15) is 0 Å². The van der Waals surface area contributed by atoms with E-state index in [1.165, 1.54) is 32.4 Å². The second-order valence-electron chi connectivity index (χ2n) is 9.70. The van der Waals surface area contributed by atoms with Crippen LogP contribution in [0, 0.1) is 5.92 Å². The molecule has 6 nitrogen and oxygen atoms in total. The Morgan fingerprint density at radius 3 is 2.47 bits per heavy atom. The van der Waals surface area contributed by atoms with E-state index in [-0.39, 0.29) is 24.3 Å². The summed E-state index contributed by atoms with van der Waals surface area (Å²) in [6.45, 7) is 6.54. The van der Waals surface area contributed by atoms with Crippen molar-refractivity contribution in [2.75, 3.05) is 39.4 Å². The van der Waals surface area contributed by atoms with Crippen molar-refractivity contribution in [3.63, 3.8) is 0 Å². The number of benzene rings is 1. The molecule has 34 heavy (non-hydrogen) atoms. The summed E-state index contributed by atoms with van der Waals surface area (Å²) in [7, 11) is 0. The molecule has 7 heteroatoms. The molecule has 3 heterocycles. The average molecular weight is 536 g/mol. The Hall–Kier alpha value is -1.41. The lowest BCUT2D eigenvalue weighted by Crippen LogP contribution is -2.49. The first kappa shape index (κ1) is 25.7. The molecule has 2 fully saturated rings. The number of aliphatic hydroxyl groups excluding tert-OH is 1. The molecule has 1 aromatic carbocycles. The summed E-state index contributed by atoms with van der Waals surface area (Å²) in [5.41, 5.74) is 1.13. The molecule has 4 rings (SSSR count). The number of aliphatic hydroxyl groups is 1. The van der Waals surface area contributed by atoms with Gasteiger partial charge in [-0.05, 0) is 82.3 Å². The van der Waals surface area contributed by atoms with Gasteiger partial charge in [0.15, 0.2) is 5.76 Å². The topological polar surface area (TPSA) is 62.2 Å². The normalized spacial score (nSPS) is 26.7. The predicted molar refractivity (Wildman–Crippen MR) is 136 cm³/mol. The lowest BCUT2D eigenvalue weighted by Gasteiger charge is -2.41. The predicted octanol–water partition coefficient (Wildman–Crippen LogP) is 4.68. The van der Waals surface area contributed by atoms with Gasteiger partial charge in [0.25, 0.3) is 5.91 Å². The Morgan fingerprint density at radius 1 is 1.12 bits per heavy atom. The minimum atomic E-state index is -0.500. The van der Waals surface area contributed by atoms with Crippen molar-refractivity contribution in [2.45, 2.75) is 70.1 Å². The second-order valence-corrected chi connectivity index (χ2v) is 10.6. The molecule has 0 aromatic heterocycles. The van der Waals surface area contributed by atoms with E-state index in [9.17, 15) is 9.90 Å². The Balaban J connectivity index is 1.51. The smallest absolute Gasteiger partial charge is 0.288 e. The minimum Gasteiger partial charge on any atom is -0.459 e. The molecule has 3 aliphatic rings. The maximum atomic E-state index is 13.6. The second kappa shape index (κ2) is 12.5. The summed E-state index contributed by atoms with van der Waals surface area (Å²) < 4.78 is 13.2. The number of nitrogens with zero attached hydrogens (tertiary/aromatic N) is 2. The SMILES string of the molecule is CCO[C@H]1OC(C(=O)N2CCC(N3CCCCC3)CC2)=C[C@@H](c2ccc(Br)cc2)[C@H]1CCCO. The van der Waals surface area contributed by atoms with E-state index in [4.69, 9.17) is 9.47 Å². The summed E-state index contributed by atoms with van der Waals surface area (Å²) in [5, 5.41) is 9.46. The Morgan fingerprint density at radius 2 is 1.82 bits per heavy atom. The zero-order valence-electron chi connectivity index (χ0n) is 20.3. The molecular weight excluding hydrogens is 496 g/mol. The van der Waals surface area contributed by atoms with Crippen molar-refractivity contribution < 1.29 is 19.4 Å². The molecule has 1 aromatic rings. The lowest BCUT2D eigenvalue weighted by atomic mass is 9.80. The van der Waals surface area contributed by atoms with E-state index in [2.05, 4.69) is 33.0 Å². The highest BCUT2D eigenvalue weighted by Gasteiger charge is 2.39. The van der Waals surface area contributed by atoms with Crippen molar-refractivity contribution in [3.05, 3.63) is 46.1 Å². The number of carbonyl (C=O) groups is 1. The maximum absolute atomic E-state index is 13.6. The third-order valence-electron chi connectivity index (χ3n) is 7.54. The maximum Gasteiger partial charge on any atom is 0.288 e. The van der Waals surface area contributed by atoms with Gasteiger partial charge in [0.2, 0.25) is 6.29 Å². The zero-order chi connectivity index (χ0) is 23.9. The molecule has 0 aliphatic carbocycles. The lowest BCUT2D eigenvalue weighted by molar-refractivity contribution is -0.171. The molecule has 0 spiro atoms. The quantitative estimate of drug-likeness (QED) is 0.524. The van der Waals surface area contributed by atoms with Crippen LogP contribution >= 0.6 is 15.9 Å². The number of hydrogen-bond donors (Lipinski definition) is 1. The van der Waals surface area contributed by atoms with Crippen LogP contribution in [0.25, 0.3) is 0 Å². The third kappa shape index (κ3) is 6.23. The first-order valence-electron chi connectivity index (χ1n) is 13.0. The van der Waals surface area contributed by atoms with E-state index in [1.807, 2.05) is 30.0 Å². The molecule has 3 aliphatic heterocycles. The number of ether oxygens (including phenoxy) is 2. The molecule has 2 saturated heterocycles. The van der Waals surface area contributed by atoms with Gasteiger partial charge in [0, 0.05) is 48.7 Å². The standard InChI is InChI=1S/C27H39BrN2O4/c1-2-33-27-23(7-6-18-31)24(20-8-10-21(28)11-9-20)19-25(34-27)26(32)30-16-12-22(13-17-30)29-14-4-3-5-15-29/h8-11,19,22-24,27,31H,2-7,12-18H2,1H3/t23-,24+,27+/m1/s1. The van der Waals surface area contributed by atoms with Gasteiger partial charge < -0.3 is 24.4 Å². The van der Waals surface area contributed by atoms with E-state index in [0.29, 0.717) is 24.8 Å². The van der Waals surface area contributed by atoms with Crippen molar-refractivity contribution in [1.29, 1.82) is 0 Å². The van der Waals surface area contributed by atoms with Crippen LogP contribution in [0.3, 0.4) is 0 Å². The molecule has 3 atom stereocenters. The van der Waals surface area contributed by atoms with E-state index < -0.39 is 6.29 Å². The number of carbonyl (C=O) groups excluding carboxylic acids is 1. The molecule has 1 N–H and O–H groups in total. The van der Waals surface area contributed by atoms with Crippen LogP contribution in [0.4, 0.5) is 0 Å². The van der Waals surface area contributed by atoms with Crippen molar-refractivity contribution in [1.82, 2.24) is 9.80 Å². The van der Waals surface area contributed by atoms with Crippen molar-refractivity contribution >= 4 is 21.8 Å². The van der Waals surface area contributed by atoms with Gasteiger partial charge in [-0.15, -0.1) is 0 Å². The molecule has 1 amide bonds. The summed E-state index contributed by atoms with van der Waals surface area (Å²) >= 11 is 3.52. The van der Waals surface area contributed by atoms with E-state index >= 15 is 0 Å². The number of halogens is 1. The highest BCUT2D eigenvalue weighted by atomic mass is 79.9. The van der Waals surface area contributed by atoms with Gasteiger partial charge >= 0.3 is 0 Å². The fourth-order valence-electron chi connectivity index (χ4n) is 5.70. The van der Waals surface area contributed by atoms with Gasteiger partial charge in [-0.1, -0.05) is 34.5 Å². The summed E-state index contributed by atoms with van der Waals surface area (Å²) in [6, 6.07) is 8.85. The largest absolute Gasteiger partial charge is 0.459 e. The van der Waals surface area contributed by atoms with Gasteiger partial charge in [0.05, 0.1) is 0 Å². The number of piperidine rings is 2. The number of hydrogen-bond acceptors (Lipinski definition) is 5. The van der Waals surface area contributed by atoms with Crippen LogP contribution in [-0.2, 0) is 14.3 Å². The zero-order valence-corrected chi connectivity index (χ0v) is 21.9. The Labute approximate surface area is 212 Å². The molecule has 0 saturated carbocycles. The van der Waals surface area contributed by atoms with E-state index in [0.717, 1.165) is 42.4 Å². The monoisotopic (exact) mass is 534 g/mol. The van der Waals surface area contributed by atoms with Crippen LogP contribution in [0.15, 0.2) is 40.6 Å². The minimum absolute atomic E-state index is 0.00483.